The van der Waals surface area contributed by atoms with Crippen molar-refractivity contribution in [3.8, 4) is 5.75 Å². The van der Waals surface area contributed by atoms with Crippen LogP contribution in [0.5, 0.6) is 5.75 Å². The maximum absolute atomic E-state index is 5.44. The van der Waals surface area contributed by atoms with E-state index < -0.39 is 0 Å². The number of ether oxygens (including phenoxy) is 1. The van der Waals surface area contributed by atoms with E-state index >= 15 is 0 Å². The van der Waals surface area contributed by atoms with Crippen LogP contribution in [0.2, 0.25) is 0 Å². The van der Waals surface area contributed by atoms with Crippen LogP contribution >= 0.6 is 0 Å². The van der Waals surface area contributed by atoms with Crippen molar-refractivity contribution < 1.29 is 4.74 Å². The van der Waals surface area contributed by atoms with Crippen molar-refractivity contribution in [1.29, 1.82) is 0 Å². The van der Waals surface area contributed by atoms with Gasteiger partial charge in [-0.15, -0.1) is 0 Å². The largest absolute Gasteiger partial charge is 0.496 e. The molecule has 0 heterocycles. The predicted molar refractivity (Wildman–Crippen MR) is 72.7 cm³/mol. The van der Waals surface area contributed by atoms with Crippen LogP contribution < -0.4 is 10.1 Å². The van der Waals surface area contributed by atoms with Crippen molar-refractivity contribution in [3.05, 3.63) is 29.3 Å². The van der Waals surface area contributed by atoms with Gasteiger partial charge in [-0.1, -0.05) is 17.7 Å². The zero-order valence-corrected chi connectivity index (χ0v) is 11.6. The molecule has 0 amide bonds. The summed E-state index contributed by atoms with van der Waals surface area (Å²) in [6.07, 6.45) is 1.07. The fourth-order valence-electron chi connectivity index (χ4n) is 1.97. The van der Waals surface area contributed by atoms with Gasteiger partial charge in [-0.05, 0) is 47.1 Å². The number of nitrogens with one attached hydrogen (secondary N) is 1. The zero-order valence-electron chi connectivity index (χ0n) is 11.6. The number of nitrogens with zero attached hydrogens (tertiary/aromatic N) is 1. The SMILES string of the molecule is CNC(CCN(C)C)c1cc(C)ccc1OC. The molecule has 96 valence electrons. The Kier molecular flexibility index (Phi) is 5.45. The molecule has 1 atom stereocenters. The Morgan fingerprint density at radius 1 is 1.35 bits per heavy atom. The number of rotatable bonds is 6. The lowest BCUT2D eigenvalue weighted by atomic mass is 10.0. The minimum absolute atomic E-state index is 0.340. The minimum atomic E-state index is 0.340. The van der Waals surface area contributed by atoms with E-state index in [1.165, 1.54) is 11.1 Å². The Morgan fingerprint density at radius 2 is 2.06 bits per heavy atom. The van der Waals surface area contributed by atoms with E-state index in [4.69, 9.17) is 4.74 Å². The maximum Gasteiger partial charge on any atom is 0.123 e. The van der Waals surface area contributed by atoms with Crippen molar-refractivity contribution in [2.24, 2.45) is 0 Å². The summed E-state index contributed by atoms with van der Waals surface area (Å²) in [5.41, 5.74) is 2.52. The van der Waals surface area contributed by atoms with Crippen LogP contribution in [0.15, 0.2) is 18.2 Å². The van der Waals surface area contributed by atoms with Crippen LogP contribution in [0.25, 0.3) is 0 Å². The van der Waals surface area contributed by atoms with Crippen molar-refractivity contribution in [3.63, 3.8) is 0 Å². The Hall–Kier alpha value is -1.06. The number of methoxy groups -OCH3 is 1. The second kappa shape index (κ2) is 6.62. The highest BCUT2D eigenvalue weighted by molar-refractivity contribution is 5.39. The van der Waals surface area contributed by atoms with Crippen molar-refractivity contribution >= 4 is 0 Å². The minimum Gasteiger partial charge on any atom is -0.496 e. The molecule has 1 unspecified atom stereocenters. The van der Waals surface area contributed by atoms with Crippen molar-refractivity contribution in [1.82, 2.24) is 10.2 Å². The highest BCUT2D eigenvalue weighted by Gasteiger charge is 2.14. The van der Waals surface area contributed by atoms with E-state index in [1.807, 2.05) is 13.1 Å². The quantitative estimate of drug-likeness (QED) is 0.819. The predicted octanol–water partition coefficient (Wildman–Crippen LogP) is 2.22. The number of benzene rings is 1. The molecule has 0 saturated heterocycles. The van der Waals surface area contributed by atoms with E-state index in [-0.39, 0.29) is 0 Å². The molecule has 1 N–H and O–H groups in total. The molecule has 0 fully saturated rings. The molecule has 1 aromatic rings. The topological polar surface area (TPSA) is 24.5 Å². The van der Waals surface area contributed by atoms with Gasteiger partial charge in [-0.3, -0.25) is 0 Å². The number of aryl methyl sites for hydroxylation is 1. The van der Waals surface area contributed by atoms with Crippen LogP contribution in [0.3, 0.4) is 0 Å². The average molecular weight is 236 g/mol. The van der Waals surface area contributed by atoms with Gasteiger partial charge in [-0.25, -0.2) is 0 Å². The monoisotopic (exact) mass is 236 g/mol. The molecule has 3 nitrogen and oxygen atoms in total. The van der Waals surface area contributed by atoms with E-state index in [1.54, 1.807) is 7.11 Å². The van der Waals surface area contributed by atoms with Gasteiger partial charge in [0, 0.05) is 11.6 Å². The highest BCUT2D eigenvalue weighted by atomic mass is 16.5. The first kappa shape index (κ1) is 14.0. The molecule has 1 rings (SSSR count). The standard InChI is InChI=1S/C14H24N2O/c1-11-6-7-14(17-5)12(10-11)13(15-2)8-9-16(3)4/h6-7,10,13,15H,8-9H2,1-5H3. The first-order chi connectivity index (χ1) is 8.08. The van der Waals surface area contributed by atoms with Gasteiger partial charge in [0.05, 0.1) is 7.11 Å². The molecular weight excluding hydrogens is 212 g/mol. The summed E-state index contributed by atoms with van der Waals surface area (Å²) >= 11 is 0. The highest BCUT2D eigenvalue weighted by Crippen LogP contribution is 2.28. The molecule has 0 aliphatic rings. The lowest BCUT2D eigenvalue weighted by Crippen LogP contribution is -2.23. The molecule has 0 aliphatic carbocycles. The molecule has 0 spiro atoms. The van der Waals surface area contributed by atoms with Crippen LogP contribution in [0.4, 0.5) is 0 Å². The van der Waals surface area contributed by atoms with E-state index in [0.29, 0.717) is 6.04 Å². The van der Waals surface area contributed by atoms with Gasteiger partial charge < -0.3 is 15.0 Å². The summed E-state index contributed by atoms with van der Waals surface area (Å²) in [5, 5.41) is 3.37. The van der Waals surface area contributed by atoms with Crippen molar-refractivity contribution in [2.75, 3.05) is 34.8 Å². The Bertz CT molecular complexity index is 350. The normalized spacial score (nSPS) is 12.8. The van der Waals surface area contributed by atoms with Gasteiger partial charge in [0.1, 0.15) is 5.75 Å². The maximum atomic E-state index is 5.44. The molecule has 0 saturated carbocycles. The molecule has 17 heavy (non-hydrogen) atoms. The number of hydrogen-bond donors (Lipinski definition) is 1. The van der Waals surface area contributed by atoms with Gasteiger partial charge in [0.25, 0.3) is 0 Å². The van der Waals surface area contributed by atoms with Crippen molar-refractivity contribution in [2.45, 2.75) is 19.4 Å². The summed E-state index contributed by atoms with van der Waals surface area (Å²) in [6.45, 7) is 3.17. The smallest absolute Gasteiger partial charge is 0.123 e. The van der Waals surface area contributed by atoms with Crippen LogP contribution in [0.1, 0.15) is 23.6 Å². The second-order valence-electron chi connectivity index (χ2n) is 4.68. The summed E-state index contributed by atoms with van der Waals surface area (Å²) in [6, 6.07) is 6.67. The Balaban J connectivity index is 2.89. The molecule has 0 bridgehead atoms. The lowest BCUT2D eigenvalue weighted by Gasteiger charge is -2.21. The van der Waals surface area contributed by atoms with E-state index in [9.17, 15) is 0 Å². The van der Waals surface area contributed by atoms with Gasteiger partial charge in [-0.2, -0.15) is 0 Å². The van der Waals surface area contributed by atoms with Gasteiger partial charge >= 0.3 is 0 Å². The molecule has 0 radical (unpaired) electrons. The second-order valence-corrected chi connectivity index (χ2v) is 4.68. The van der Waals surface area contributed by atoms with Crippen LogP contribution in [-0.4, -0.2) is 39.7 Å². The Morgan fingerprint density at radius 3 is 2.59 bits per heavy atom. The lowest BCUT2D eigenvalue weighted by molar-refractivity contribution is 0.357. The number of hydrogen-bond acceptors (Lipinski definition) is 3. The molecular formula is C14H24N2O. The fourth-order valence-corrected chi connectivity index (χ4v) is 1.97. The van der Waals surface area contributed by atoms with Gasteiger partial charge in [0.15, 0.2) is 0 Å². The molecule has 1 aromatic carbocycles. The van der Waals surface area contributed by atoms with Crippen LogP contribution in [-0.2, 0) is 0 Å². The fraction of sp³-hybridized carbons (Fsp3) is 0.571. The Labute approximate surface area is 105 Å². The molecule has 0 aliphatic heterocycles. The molecule has 0 aromatic heterocycles. The summed E-state index contributed by atoms with van der Waals surface area (Å²) in [7, 11) is 7.93. The van der Waals surface area contributed by atoms with E-state index in [0.717, 1.165) is 18.7 Å². The van der Waals surface area contributed by atoms with Gasteiger partial charge in [0.2, 0.25) is 0 Å². The molecule has 3 heteroatoms. The summed E-state index contributed by atoms with van der Waals surface area (Å²) in [5.74, 6) is 0.966. The third-order valence-electron chi connectivity index (χ3n) is 2.97. The van der Waals surface area contributed by atoms with Crippen LogP contribution in [0, 0.1) is 6.92 Å². The first-order valence-electron chi connectivity index (χ1n) is 6.05. The summed E-state index contributed by atoms with van der Waals surface area (Å²) < 4.78 is 5.44. The average Bonchev–Trinajstić information content (AvgIpc) is 2.30. The third kappa shape index (κ3) is 4.02. The summed E-state index contributed by atoms with van der Waals surface area (Å²) in [4.78, 5) is 2.20. The first-order valence-corrected chi connectivity index (χ1v) is 6.05. The van der Waals surface area contributed by atoms with E-state index in [2.05, 4.69) is 43.4 Å². The zero-order chi connectivity index (χ0) is 12.8. The third-order valence-corrected chi connectivity index (χ3v) is 2.97.